The summed E-state index contributed by atoms with van der Waals surface area (Å²) >= 11 is 0. The van der Waals surface area contributed by atoms with Crippen LogP contribution >= 0.6 is 0 Å². The smallest absolute Gasteiger partial charge is 0.189 e. The van der Waals surface area contributed by atoms with Gasteiger partial charge in [0.1, 0.15) is 11.5 Å². The highest BCUT2D eigenvalue weighted by Crippen LogP contribution is 2.23. The molecule has 0 unspecified atom stereocenters. The number of hydrogen-bond donors (Lipinski definition) is 1. The van der Waals surface area contributed by atoms with E-state index in [0.29, 0.717) is 5.75 Å². The van der Waals surface area contributed by atoms with E-state index in [4.69, 9.17) is 4.74 Å². The van der Waals surface area contributed by atoms with Gasteiger partial charge in [0.05, 0.1) is 12.7 Å². The van der Waals surface area contributed by atoms with Gasteiger partial charge in [0.15, 0.2) is 5.78 Å². The van der Waals surface area contributed by atoms with Gasteiger partial charge in [0, 0.05) is 6.07 Å². The van der Waals surface area contributed by atoms with Gasteiger partial charge >= 0.3 is 0 Å². The second-order valence-corrected chi connectivity index (χ2v) is 3.13. The number of aromatic hydroxyl groups is 1. The molecule has 0 aliphatic rings. The number of methoxy groups -OCH3 is 1. The van der Waals surface area contributed by atoms with Crippen LogP contribution in [0.25, 0.3) is 0 Å². The molecule has 0 bridgehead atoms. The summed E-state index contributed by atoms with van der Waals surface area (Å²) in [4.78, 5) is 11.6. The zero-order valence-corrected chi connectivity index (χ0v) is 9.31. The second-order valence-electron chi connectivity index (χ2n) is 3.13. The highest BCUT2D eigenvalue weighted by molar-refractivity contribution is 6.06. The van der Waals surface area contributed by atoms with Gasteiger partial charge in [-0.2, -0.15) is 0 Å². The van der Waals surface area contributed by atoms with E-state index in [2.05, 4.69) is 0 Å². The normalized spacial score (nSPS) is 11.1. The number of rotatable bonds is 4. The quantitative estimate of drug-likeness (QED) is 0.480. The van der Waals surface area contributed by atoms with Crippen LogP contribution in [-0.2, 0) is 0 Å². The first-order valence-corrected chi connectivity index (χ1v) is 4.89. The Kier molecular flexibility index (Phi) is 4.33. The monoisotopic (exact) mass is 218 g/mol. The third-order valence-corrected chi connectivity index (χ3v) is 2.02. The van der Waals surface area contributed by atoms with Crippen LogP contribution in [0, 0.1) is 0 Å². The fourth-order valence-corrected chi connectivity index (χ4v) is 1.19. The van der Waals surface area contributed by atoms with Crippen LogP contribution in [0.15, 0.2) is 42.5 Å². The van der Waals surface area contributed by atoms with Crippen molar-refractivity contribution in [3.8, 4) is 11.5 Å². The summed E-state index contributed by atoms with van der Waals surface area (Å²) in [5.41, 5.74) is 0.265. The average Bonchev–Trinajstić information content (AvgIpc) is 2.29. The van der Waals surface area contributed by atoms with Gasteiger partial charge in [-0.1, -0.05) is 18.2 Å². The molecule has 84 valence electrons. The molecule has 1 N–H and O–H groups in total. The van der Waals surface area contributed by atoms with Crippen molar-refractivity contribution in [3.05, 3.63) is 48.1 Å². The molecular formula is C13H14O3. The molecule has 1 rings (SSSR count). The van der Waals surface area contributed by atoms with Crippen LogP contribution in [0.4, 0.5) is 0 Å². The van der Waals surface area contributed by atoms with Gasteiger partial charge in [-0.15, -0.1) is 0 Å². The SMILES string of the molecule is C/C=C\C=C/C(=O)c1ccc(OC)cc1O. The summed E-state index contributed by atoms with van der Waals surface area (Å²) in [7, 11) is 1.50. The van der Waals surface area contributed by atoms with E-state index in [1.54, 1.807) is 18.2 Å². The number of phenols is 1. The van der Waals surface area contributed by atoms with Crippen LogP contribution in [0.3, 0.4) is 0 Å². The van der Waals surface area contributed by atoms with Crippen molar-refractivity contribution >= 4 is 5.78 Å². The third-order valence-electron chi connectivity index (χ3n) is 2.02. The van der Waals surface area contributed by atoms with Gasteiger partial charge in [0.2, 0.25) is 0 Å². The third kappa shape index (κ3) is 2.98. The van der Waals surface area contributed by atoms with Crippen LogP contribution in [0.2, 0.25) is 0 Å². The fourth-order valence-electron chi connectivity index (χ4n) is 1.19. The van der Waals surface area contributed by atoms with Crippen molar-refractivity contribution in [1.29, 1.82) is 0 Å². The molecule has 3 heteroatoms. The predicted octanol–water partition coefficient (Wildman–Crippen LogP) is 2.72. The molecule has 0 spiro atoms. The van der Waals surface area contributed by atoms with Crippen molar-refractivity contribution in [2.24, 2.45) is 0 Å². The Morgan fingerprint density at radius 1 is 1.38 bits per heavy atom. The van der Waals surface area contributed by atoms with E-state index < -0.39 is 0 Å². The largest absolute Gasteiger partial charge is 0.507 e. The first kappa shape index (κ1) is 12.0. The lowest BCUT2D eigenvalue weighted by Gasteiger charge is -2.03. The van der Waals surface area contributed by atoms with E-state index >= 15 is 0 Å². The molecule has 1 aromatic carbocycles. The van der Waals surface area contributed by atoms with Crippen LogP contribution in [0.5, 0.6) is 11.5 Å². The molecule has 0 atom stereocenters. The van der Waals surface area contributed by atoms with Gasteiger partial charge in [0.25, 0.3) is 0 Å². The zero-order chi connectivity index (χ0) is 12.0. The topological polar surface area (TPSA) is 46.5 Å². The van der Waals surface area contributed by atoms with Crippen molar-refractivity contribution in [2.45, 2.75) is 6.92 Å². The molecule has 16 heavy (non-hydrogen) atoms. The van der Waals surface area contributed by atoms with E-state index in [1.165, 1.54) is 25.3 Å². The Hall–Kier alpha value is -2.03. The van der Waals surface area contributed by atoms with E-state index in [0.717, 1.165) is 0 Å². The minimum Gasteiger partial charge on any atom is -0.507 e. The first-order chi connectivity index (χ1) is 7.69. The number of carbonyl (C=O) groups is 1. The van der Waals surface area contributed by atoms with Gasteiger partial charge in [-0.05, 0) is 25.1 Å². The molecule has 0 aliphatic carbocycles. The zero-order valence-electron chi connectivity index (χ0n) is 9.31. The van der Waals surface area contributed by atoms with Crippen LogP contribution < -0.4 is 4.74 Å². The van der Waals surface area contributed by atoms with Crippen molar-refractivity contribution < 1.29 is 14.6 Å². The molecule has 0 saturated heterocycles. The molecule has 3 nitrogen and oxygen atoms in total. The Balaban J connectivity index is 2.92. The number of phenolic OH excluding ortho intramolecular Hbond substituents is 1. The number of hydrogen-bond acceptors (Lipinski definition) is 3. The maximum Gasteiger partial charge on any atom is 0.189 e. The summed E-state index contributed by atoms with van der Waals surface area (Å²) < 4.78 is 4.93. The summed E-state index contributed by atoms with van der Waals surface area (Å²) in [6, 6.07) is 4.59. The molecule has 0 aromatic heterocycles. The Bertz CT molecular complexity index is 431. The second kappa shape index (κ2) is 5.75. The minimum absolute atomic E-state index is 0.0746. The number of allylic oxidation sites excluding steroid dienone is 4. The molecule has 0 amide bonds. The highest BCUT2D eigenvalue weighted by Gasteiger charge is 2.08. The lowest BCUT2D eigenvalue weighted by atomic mass is 10.1. The van der Waals surface area contributed by atoms with Gasteiger partial charge in [-0.3, -0.25) is 4.79 Å². The molecule has 0 saturated carbocycles. The standard InChI is InChI=1S/C13H14O3/c1-3-4-5-6-12(14)11-8-7-10(16-2)9-13(11)15/h3-9,15H,1-2H3/b4-3-,6-5-. The Labute approximate surface area is 94.7 Å². The van der Waals surface area contributed by atoms with Gasteiger partial charge < -0.3 is 9.84 Å². The lowest BCUT2D eigenvalue weighted by molar-refractivity contribution is 0.104. The number of benzene rings is 1. The van der Waals surface area contributed by atoms with Crippen molar-refractivity contribution in [2.75, 3.05) is 7.11 Å². The first-order valence-electron chi connectivity index (χ1n) is 4.89. The van der Waals surface area contributed by atoms with Crippen LogP contribution in [-0.4, -0.2) is 18.0 Å². The molecule has 0 fully saturated rings. The molecule has 0 radical (unpaired) electrons. The highest BCUT2D eigenvalue weighted by atomic mass is 16.5. The number of ether oxygens (including phenoxy) is 1. The predicted molar refractivity (Wildman–Crippen MR) is 62.9 cm³/mol. The van der Waals surface area contributed by atoms with E-state index in [-0.39, 0.29) is 17.1 Å². The molecular weight excluding hydrogens is 204 g/mol. The average molecular weight is 218 g/mol. The summed E-state index contributed by atoms with van der Waals surface area (Å²) in [5, 5.41) is 9.60. The maximum absolute atomic E-state index is 11.6. The maximum atomic E-state index is 11.6. The summed E-state index contributed by atoms with van der Waals surface area (Å²) in [5.74, 6) is 0.208. The van der Waals surface area contributed by atoms with E-state index in [1.807, 2.05) is 13.0 Å². The lowest BCUT2D eigenvalue weighted by Crippen LogP contribution is -1.95. The molecule has 0 heterocycles. The van der Waals surface area contributed by atoms with Gasteiger partial charge in [-0.25, -0.2) is 0 Å². The van der Waals surface area contributed by atoms with Crippen molar-refractivity contribution in [3.63, 3.8) is 0 Å². The molecule has 0 aliphatic heterocycles. The Morgan fingerprint density at radius 3 is 2.69 bits per heavy atom. The van der Waals surface area contributed by atoms with E-state index in [9.17, 15) is 9.90 Å². The Morgan fingerprint density at radius 2 is 2.12 bits per heavy atom. The number of carbonyl (C=O) groups excluding carboxylic acids is 1. The summed E-state index contributed by atoms with van der Waals surface area (Å²) in [6.07, 6.45) is 6.60. The summed E-state index contributed by atoms with van der Waals surface area (Å²) in [6.45, 7) is 1.86. The number of ketones is 1. The fraction of sp³-hybridized carbons (Fsp3) is 0.154. The van der Waals surface area contributed by atoms with Crippen LogP contribution in [0.1, 0.15) is 17.3 Å². The molecule has 1 aromatic rings. The minimum atomic E-state index is -0.238. The van der Waals surface area contributed by atoms with Crippen molar-refractivity contribution in [1.82, 2.24) is 0 Å².